The highest BCUT2D eigenvalue weighted by Gasteiger charge is 2.28. The van der Waals surface area contributed by atoms with Crippen LogP contribution in [0.15, 0.2) is 23.9 Å². The normalized spacial score (nSPS) is 39.5. The number of aliphatic hydroxyl groups excluding tert-OH is 1. The van der Waals surface area contributed by atoms with Gasteiger partial charge in [0.25, 0.3) is 0 Å². The molecule has 0 aliphatic heterocycles. The van der Waals surface area contributed by atoms with E-state index in [1.165, 1.54) is 18.2 Å². The van der Waals surface area contributed by atoms with Gasteiger partial charge in [0, 0.05) is 5.70 Å². The highest BCUT2D eigenvalue weighted by molar-refractivity contribution is 5.27. The first kappa shape index (κ1) is 7.27. The molecule has 0 saturated heterocycles. The van der Waals surface area contributed by atoms with Crippen molar-refractivity contribution in [2.24, 2.45) is 11.5 Å². The quantitative estimate of drug-likeness (QED) is 0.307. The molecule has 56 valence electrons. The lowest BCUT2D eigenvalue weighted by molar-refractivity contribution is -0.0111. The van der Waals surface area contributed by atoms with Crippen LogP contribution in [0.4, 0.5) is 0 Å². The zero-order valence-corrected chi connectivity index (χ0v) is 5.36. The van der Waals surface area contributed by atoms with E-state index in [2.05, 4.69) is 0 Å². The van der Waals surface area contributed by atoms with Crippen molar-refractivity contribution < 1.29 is 10.2 Å². The third-order valence-corrected chi connectivity index (χ3v) is 1.34. The Bertz CT molecular complexity index is 196. The molecule has 0 aromatic rings. The van der Waals surface area contributed by atoms with Crippen molar-refractivity contribution in [3.05, 3.63) is 23.9 Å². The number of hydrogen-bond donors (Lipinski definition) is 4. The fourth-order valence-electron chi connectivity index (χ4n) is 0.757. The van der Waals surface area contributed by atoms with Crippen molar-refractivity contribution in [2.75, 3.05) is 0 Å². The van der Waals surface area contributed by atoms with Crippen LogP contribution in [0.25, 0.3) is 0 Å². The maximum Gasteiger partial charge on any atom is 0.164 e. The van der Waals surface area contributed by atoms with Crippen LogP contribution in [0.2, 0.25) is 0 Å². The molecule has 4 nitrogen and oxygen atoms in total. The minimum atomic E-state index is -1.71. The van der Waals surface area contributed by atoms with E-state index in [9.17, 15) is 0 Å². The van der Waals surface area contributed by atoms with Crippen molar-refractivity contribution >= 4 is 0 Å². The molecule has 0 spiro atoms. The molecule has 1 aliphatic carbocycles. The minimum absolute atomic E-state index is 0.357. The van der Waals surface area contributed by atoms with Crippen LogP contribution < -0.4 is 11.5 Å². The SMILES string of the molecule is NC1=CC(N)(O)C(O)C=C1. The average molecular weight is 142 g/mol. The van der Waals surface area contributed by atoms with Crippen LogP contribution in [-0.4, -0.2) is 22.0 Å². The second-order valence-electron chi connectivity index (χ2n) is 2.34. The van der Waals surface area contributed by atoms with Crippen LogP contribution in [0.5, 0.6) is 0 Å². The van der Waals surface area contributed by atoms with Crippen molar-refractivity contribution in [2.45, 2.75) is 11.8 Å². The predicted octanol–water partition coefficient (Wildman–Crippen LogP) is -1.59. The summed E-state index contributed by atoms with van der Waals surface area (Å²) in [6.45, 7) is 0. The van der Waals surface area contributed by atoms with Gasteiger partial charge in [0.2, 0.25) is 0 Å². The van der Waals surface area contributed by atoms with Gasteiger partial charge in [-0.2, -0.15) is 0 Å². The summed E-state index contributed by atoms with van der Waals surface area (Å²) in [5, 5.41) is 18.1. The Morgan fingerprint density at radius 1 is 1.60 bits per heavy atom. The summed E-state index contributed by atoms with van der Waals surface area (Å²) in [6, 6.07) is 0. The molecule has 0 bridgehead atoms. The minimum Gasteiger partial charge on any atom is -0.399 e. The van der Waals surface area contributed by atoms with E-state index < -0.39 is 11.8 Å². The molecule has 2 atom stereocenters. The summed E-state index contributed by atoms with van der Waals surface area (Å²) >= 11 is 0. The zero-order valence-electron chi connectivity index (χ0n) is 5.36. The van der Waals surface area contributed by atoms with Crippen molar-refractivity contribution in [3.8, 4) is 0 Å². The molecule has 10 heavy (non-hydrogen) atoms. The summed E-state index contributed by atoms with van der Waals surface area (Å²) < 4.78 is 0. The second kappa shape index (κ2) is 2.09. The van der Waals surface area contributed by atoms with Crippen LogP contribution in [0.1, 0.15) is 0 Å². The maximum absolute atomic E-state index is 9.13. The average Bonchev–Trinajstić information content (AvgIpc) is 1.78. The molecule has 6 N–H and O–H groups in total. The van der Waals surface area contributed by atoms with Crippen molar-refractivity contribution in [1.29, 1.82) is 0 Å². The fraction of sp³-hybridized carbons (Fsp3) is 0.333. The number of nitrogens with two attached hydrogens (primary N) is 2. The van der Waals surface area contributed by atoms with E-state index in [1.54, 1.807) is 0 Å². The van der Waals surface area contributed by atoms with Gasteiger partial charge in [0.05, 0.1) is 0 Å². The number of rotatable bonds is 0. The lowest BCUT2D eigenvalue weighted by Gasteiger charge is -2.26. The fourth-order valence-corrected chi connectivity index (χ4v) is 0.757. The number of aliphatic hydroxyl groups is 2. The standard InChI is InChI=1S/C6H10N2O2/c7-4-1-2-5(9)6(8,10)3-4/h1-3,5,9-10H,7-8H2. The van der Waals surface area contributed by atoms with E-state index >= 15 is 0 Å². The molecule has 0 amide bonds. The Morgan fingerprint density at radius 2 is 2.20 bits per heavy atom. The predicted molar refractivity (Wildman–Crippen MR) is 36.6 cm³/mol. The third-order valence-electron chi connectivity index (χ3n) is 1.34. The van der Waals surface area contributed by atoms with E-state index in [0.717, 1.165) is 0 Å². The van der Waals surface area contributed by atoms with Gasteiger partial charge in [0.1, 0.15) is 6.10 Å². The second-order valence-corrected chi connectivity index (χ2v) is 2.34. The van der Waals surface area contributed by atoms with Gasteiger partial charge >= 0.3 is 0 Å². The topological polar surface area (TPSA) is 92.5 Å². The molecule has 0 radical (unpaired) electrons. The van der Waals surface area contributed by atoms with Crippen LogP contribution in [0, 0.1) is 0 Å². The molecule has 0 saturated carbocycles. The van der Waals surface area contributed by atoms with Crippen molar-refractivity contribution in [3.63, 3.8) is 0 Å². The molecule has 0 aromatic carbocycles. The van der Waals surface area contributed by atoms with Crippen LogP contribution in [0.3, 0.4) is 0 Å². The Kier molecular flexibility index (Phi) is 1.52. The zero-order chi connectivity index (χ0) is 7.78. The van der Waals surface area contributed by atoms with Gasteiger partial charge in [-0.1, -0.05) is 0 Å². The molecule has 1 rings (SSSR count). The van der Waals surface area contributed by atoms with Crippen LogP contribution in [-0.2, 0) is 0 Å². The number of allylic oxidation sites excluding steroid dienone is 1. The van der Waals surface area contributed by atoms with Gasteiger partial charge in [-0.15, -0.1) is 0 Å². The van der Waals surface area contributed by atoms with E-state index in [1.807, 2.05) is 0 Å². The van der Waals surface area contributed by atoms with Gasteiger partial charge in [-0.25, -0.2) is 0 Å². The summed E-state index contributed by atoms with van der Waals surface area (Å²) in [5.41, 5.74) is 9.15. The first-order valence-electron chi connectivity index (χ1n) is 2.88. The molecular formula is C6H10N2O2. The molecular weight excluding hydrogens is 132 g/mol. The third kappa shape index (κ3) is 1.18. The van der Waals surface area contributed by atoms with Gasteiger partial charge in [-0.3, -0.25) is 5.73 Å². The Morgan fingerprint density at radius 3 is 2.60 bits per heavy atom. The molecule has 2 unspecified atom stereocenters. The van der Waals surface area contributed by atoms with E-state index in [-0.39, 0.29) is 0 Å². The smallest absolute Gasteiger partial charge is 0.164 e. The van der Waals surface area contributed by atoms with E-state index in [4.69, 9.17) is 21.7 Å². The van der Waals surface area contributed by atoms with E-state index in [0.29, 0.717) is 5.70 Å². The Hall–Kier alpha value is -0.840. The maximum atomic E-state index is 9.13. The van der Waals surface area contributed by atoms with Gasteiger partial charge < -0.3 is 15.9 Å². The molecule has 4 heteroatoms. The lowest BCUT2D eigenvalue weighted by atomic mass is 10.0. The Labute approximate surface area is 58.4 Å². The first-order chi connectivity index (χ1) is 4.52. The summed E-state index contributed by atoms with van der Waals surface area (Å²) in [4.78, 5) is 0. The molecule has 0 heterocycles. The number of hydrogen-bond acceptors (Lipinski definition) is 4. The van der Waals surface area contributed by atoms with Crippen LogP contribution >= 0.6 is 0 Å². The van der Waals surface area contributed by atoms with Gasteiger partial charge in [-0.05, 0) is 18.2 Å². The first-order valence-corrected chi connectivity index (χ1v) is 2.88. The summed E-state index contributed by atoms with van der Waals surface area (Å²) in [6.07, 6.45) is 2.97. The highest BCUT2D eigenvalue weighted by atomic mass is 16.4. The highest BCUT2D eigenvalue weighted by Crippen LogP contribution is 2.13. The molecule has 0 fully saturated rings. The molecule has 0 aromatic heterocycles. The summed E-state index contributed by atoms with van der Waals surface area (Å²) in [5.74, 6) is 0. The lowest BCUT2D eigenvalue weighted by Crippen LogP contribution is -2.49. The largest absolute Gasteiger partial charge is 0.399 e. The monoisotopic (exact) mass is 142 g/mol. The summed E-state index contributed by atoms with van der Waals surface area (Å²) in [7, 11) is 0. The Balaban J connectivity index is 2.88. The van der Waals surface area contributed by atoms with Gasteiger partial charge in [0.15, 0.2) is 5.72 Å². The van der Waals surface area contributed by atoms with Crippen molar-refractivity contribution in [1.82, 2.24) is 0 Å². The molecule has 1 aliphatic rings.